The van der Waals surface area contributed by atoms with Crippen LogP contribution in [0.1, 0.15) is 78.1 Å². The first-order chi connectivity index (χ1) is 8.61. The fourth-order valence-corrected chi connectivity index (χ4v) is 3.55. The van der Waals surface area contributed by atoms with Crippen LogP contribution in [0.4, 0.5) is 0 Å². The molecule has 1 heterocycles. The van der Waals surface area contributed by atoms with Gasteiger partial charge in [0.25, 0.3) is 0 Å². The molecule has 2 nitrogen and oxygen atoms in total. The summed E-state index contributed by atoms with van der Waals surface area (Å²) in [6.45, 7) is 4.18. The summed E-state index contributed by atoms with van der Waals surface area (Å²) in [5, 5.41) is 9.80. The van der Waals surface area contributed by atoms with Gasteiger partial charge in [0.2, 0.25) is 0 Å². The highest BCUT2D eigenvalue weighted by Gasteiger charge is 2.40. The van der Waals surface area contributed by atoms with Crippen molar-refractivity contribution in [2.24, 2.45) is 5.92 Å². The van der Waals surface area contributed by atoms with Crippen molar-refractivity contribution in [2.45, 2.75) is 95.9 Å². The highest BCUT2D eigenvalue weighted by atomic mass is 16.5. The molecule has 106 valence electrons. The minimum Gasteiger partial charge on any atom is -0.393 e. The lowest BCUT2D eigenvalue weighted by atomic mass is 9.83. The predicted molar refractivity (Wildman–Crippen MR) is 74.6 cm³/mol. The van der Waals surface area contributed by atoms with Gasteiger partial charge < -0.3 is 9.84 Å². The van der Waals surface area contributed by atoms with Crippen molar-refractivity contribution in [3.63, 3.8) is 0 Å². The summed E-state index contributed by atoms with van der Waals surface area (Å²) in [4.78, 5) is 0. The molecule has 2 unspecified atom stereocenters. The topological polar surface area (TPSA) is 29.5 Å². The Hall–Kier alpha value is -0.0800. The van der Waals surface area contributed by atoms with Gasteiger partial charge in [-0.15, -0.1) is 0 Å². The van der Waals surface area contributed by atoms with E-state index >= 15 is 0 Å². The molecule has 2 aliphatic rings. The molecule has 18 heavy (non-hydrogen) atoms. The van der Waals surface area contributed by atoms with E-state index in [9.17, 15) is 5.11 Å². The third-order valence-corrected chi connectivity index (χ3v) is 4.90. The Kier molecular flexibility index (Phi) is 5.08. The van der Waals surface area contributed by atoms with Gasteiger partial charge in [0, 0.05) is 0 Å². The van der Waals surface area contributed by atoms with Crippen LogP contribution in [0.15, 0.2) is 0 Å². The van der Waals surface area contributed by atoms with E-state index in [1.54, 1.807) is 0 Å². The Morgan fingerprint density at radius 1 is 1.17 bits per heavy atom. The van der Waals surface area contributed by atoms with Crippen LogP contribution in [0.25, 0.3) is 0 Å². The van der Waals surface area contributed by atoms with Crippen LogP contribution in [-0.2, 0) is 4.74 Å². The van der Waals surface area contributed by atoms with Crippen LogP contribution in [-0.4, -0.2) is 22.9 Å². The molecule has 0 aromatic heterocycles. The van der Waals surface area contributed by atoms with Crippen molar-refractivity contribution in [3.8, 4) is 0 Å². The molecular formula is C16H30O2. The summed E-state index contributed by atoms with van der Waals surface area (Å²) in [6.07, 6.45) is 12.8. The second-order valence-corrected chi connectivity index (χ2v) is 6.76. The summed E-state index contributed by atoms with van der Waals surface area (Å²) >= 11 is 0. The average Bonchev–Trinajstić information content (AvgIpc) is 2.73. The van der Waals surface area contributed by atoms with E-state index < -0.39 is 0 Å². The Morgan fingerprint density at radius 2 is 1.89 bits per heavy atom. The second kappa shape index (κ2) is 6.38. The second-order valence-electron chi connectivity index (χ2n) is 6.76. The van der Waals surface area contributed by atoms with Crippen LogP contribution in [0.5, 0.6) is 0 Å². The van der Waals surface area contributed by atoms with Gasteiger partial charge in [-0.25, -0.2) is 0 Å². The highest BCUT2D eigenvalue weighted by molar-refractivity contribution is 4.91. The molecule has 1 saturated carbocycles. The smallest absolute Gasteiger partial charge is 0.0687 e. The van der Waals surface area contributed by atoms with Crippen molar-refractivity contribution in [1.82, 2.24) is 0 Å². The summed E-state index contributed by atoms with van der Waals surface area (Å²) in [5.74, 6) is 0.388. The van der Waals surface area contributed by atoms with E-state index in [2.05, 4.69) is 13.8 Å². The predicted octanol–water partition coefficient (Wildman–Crippen LogP) is 4.06. The third kappa shape index (κ3) is 3.71. The minimum atomic E-state index is -0.130. The summed E-state index contributed by atoms with van der Waals surface area (Å²) in [5.41, 5.74) is 0.263. The molecule has 1 spiro atoms. The Balaban J connectivity index is 1.66. The Morgan fingerprint density at radius 3 is 2.56 bits per heavy atom. The molecule has 0 aromatic carbocycles. The van der Waals surface area contributed by atoms with Crippen LogP contribution in [0, 0.1) is 5.92 Å². The van der Waals surface area contributed by atoms with Gasteiger partial charge in [0.15, 0.2) is 0 Å². The average molecular weight is 254 g/mol. The molecule has 1 saturated heterocycles. The largest absolute Gasteiger partial charge is 0.393 e. The highest BCUT2D eigenvalue weighted by Crippen LogP contribution is 2.42. The number of rotatable bonds is 5. The lowest BCUT2D eigenvalue weighted by molar-refractivity contribution is -0.0668. The zero-order valence-electron chi connectivity index (χ0n) is 12.2. The maximum Gasteiger partial charge on any atom is 0.0687 e. The van der Waals surface area contributed by atoms with E-state index in [-0.39, 0.29) is 11.7 Å². The maximum absolute atomic E-state index is 9.80. The Bertz CT molecular complexity index is 243. The molecule has 2 fully saturated rings. The number of aliphatic hydroxyl groups is 1. The van der Waals surface area contributed by atoms with E-state index in [1.165, 1.54) is 44.9 Å². The lowest BCUT2D eigenvalue weighted by Crippen LogP contribution is -2.31. The summed E-state index contributed by atoms with van der Waals surface area (Å²) in [6, 6.07) is 0. The molecule has 1 aliphatic carbocycles. The van der Waals surface area contributed by atoms with E-state index in [0.29, 0.717) is 12.0 Å². The number of hydrogen-bond acceptors (Lipinski definition) is 2. The molecule has 0 bridgehead atoms. The van der Waals surface area contributed by atoms with Crippen LogP contribution >= 0.6 is 0 Å². The van der Waals surface area contributed by atoms with Crippen LogP contribution < -0.4 is 0 Å². The monoisotopic (exact) mass is 254 g/mol. The molecule has 1 N–H and O–H groups in total. The summed E-state index contributed by atoms with van der Waals surface area (Å²) < 4.78 is 6.35. The normalized spacial score (nSPS) is 29.0. The van der Waals surface area contributed by atoms with Gasteiger partial charge in [-0.05, 0) is 50.9 Å². The molecule has 1 aliphatic heterocycles. The number of ether oxygens (including phenoxy) is 1. The maximum atomic E-state index is 9.80. The zero-order chi connectivity index (χ0) is 13.0. The molecule has 0 amide bonds. The fraction of sp³-hybridized carbons (Fsp3) is 1.00. The molecule has 0 radical (unpaired) electrons. The van der Waals surface area contributed by atoms with Crippen LogP contribution in [0.3, 0.4) is 0 Å². The van der Waals surface area contributed by atoms with E-state index in [0.717, 1.165) is 19.3 Å². The standard InChI is InChI=1S/C16H30O2/c1-13(2)15(17)8-6-7-14-9-12-16(18-14)10-4-3-5-11-16/h13-15,17H,3-12H2,1-2H3. The number of hydrogen-bond donors (Lipinski definition) is 1. The fourth-order valence-electron chi connectivity index (χ4n) is 3.55. The van der Waals surface area contributed by atoms with Crippen molar-refractivity contribution in [2.75, 3.05) is 0 Å². The van der Waals surface area contributed by atoms with Gasteiger partial charge in [0.05, 0.1) is 17.8 Å². The first kappa shape index (κ1) is 14.3. The first-order valence-electron chi connectivity index (χ1n) is 7.97. The zero-order valence-corrected chi connectivity index (χ0v) is 12.2. The van der Waals surface area contributed by atoms with E-state index in [4.69, 9.17) is 4.74 Å². The lowest BCUT2D eigenvalue weighted by Gasteiger charge is -2.33. The van der Waals surface area contributed by atoms with Gasteiger partial charge in [-0.1, -0.05) is 33.1 Å². The number of aliphatic hydroxyl groups excluding tert-OH is 1. The molecule has 2 atom stereocenters. The van der Waals surface area contributed by atoms with Crippen LogP contribution in [0.2, 0.25) is 0 Å². The minimum absolute atomic E-state index is 0.130. The molecule has 0 aromatic rings. The van der Waals surface area contributed by atoms with Gasteiger partial charge in [0.1, 0.15) is 0 Å². The SMILES string of the molecule is CC(C)C(O)CCCC1CCC2(CCCCC2)O1. The molecule has 2 rings (SSSR count). The Labute approximate surface area is 112 Å². The summed E-state index contributed by atoms with van der Waals surface area (Å²) in [7, 11) is 0. The van der Waals surface area contributed by atoms with Gasteiger partial charge in [-0.3, -0.25) is 0 Å². The van der Waals surface area contributed by atoms with Crippen molar-refractivity contribution < 1.29 is 9.84 Å². The van der Waals surface area contributed by atoms with Gasteiger partial charge in [-0.2, -0.15) is 0 Å². The van der Waals surface area contributed by atoms with Crippen molar-refractivity contribution >= 4 is 0 Å². The quantitative estimate of drug-likeness (QED) is 0.802. The molecular weight excluding hydrogens is 224 g/mol. The molecule has 2 heteroatoms. The van der Waals surface area contributed by atoms with Crippen molar-refractivity contribution in [1.29, 1.82) is 0 Å². The third-order valence-electron chi connectivity index (χ3n) is 4.90. The van der Waals surface area contributed by atoms with Crippen molar-refractivity contribution in [3.05, 3.63) is 0 Å². The van der Waals surface area contributed by atoms with Gasteiger partial charge >= 0.3 is 0 Å². The van der Waals surface area contributed by atoms with E-state index in [1.807, 2.05) is 0 Å². The first-order valence-corrected chi connectivity index (χ1v) is 7.97.